The number of rotatable bonds is 10. The molecule has 1 fully saturated rings. The van der Waals surface area contributed by atoms with Crippen molar-refractivity contribution in [2.75, 3.05) is 31.6 Å². The van der Waals surface area contributed by atoms with Gasteiger partial charge in [-0.2, -0.15) is 5.10 Å². The molecule has 6 aromatic rings. The van der Waals surface area contributed by atoms with Gasteiger partial charge in [0, 0.05) is 54.3 Å². The highest BCUT2D eigenvalue weighted by Crippen LogP contribution is 2.33. The van der Waals surface area contributed by atoms with Gasteiger partial charge in [0.15, 0.2) is 11.5 Å². The number of carbonyl (C=O) groups excluding carboxylic acids is 1. The molecular formula is C34H34FN9O2. The second kappa shape index (κ2) is 12.6. The van der Waals surface area contributed by atoms with Crippen LogP contribution in [-0.2, 0) is 4.79 Å². The van der Waals surface area contributed by atoms with Crippen molar-refractivity contribution in [1.82, 2.24) is 40.0 Å². The third-order valence-corrected chi connectivity index (χ3v) is 8.01. The minimum atomic E-state index is -0.404. The van der Waals surface area contributed by atoms with Gasteiger partial charge in [0.05, 0.1) is 28.5 Å². The molecule has 234 valence electrons. The van der Waals surface area contributed by atoms with Crippen LogP contribution in [0.2, 0.25) is 0 Å². The lowest BCUT2D eigenvalue weighted by molar-refractivity contribution is -0.116. The highest BCUT2D eigenvalue weighted by atomic mass is 19.1. The number of H-pyrrole nitrogens is 2. The molecule has 12 heteroatoms. The lowest BCUT2D eigenvalue weighted by Gasteiger charge is -2.15. The molecule has 3 N–H and O–H groups in total. The van der Waals surface area contributed by atoms with Gasteiger partial charge in [-0.25, -0.2) is 14.4 Å². The normalized spacial score (nSPS) is 13.7. The Hall–Kier alpha value is -5.23. The number of ether oxygens (including phenoxy) is 1. The molecule has 0 spiro atoms. The fourth-order valence-electron chi connectivity index (χ4n) is 5.83. The number of hydrogen-bond acceptors (Lipinski definition) is 8. The van der Waals surface area contributed by atoms with E-state index in [1.54, 1.807) is 30.9 Å². The van der Waals surface area contributed by atoms with Gasteiger partial charge in [-0.05, 0) is 62.2 Å². The fourth-order valence-corrected chi connectivity index (χ4v) is 5.83. The Morgan fingerprint density at radius 2 is 1.87 bits per heavy atom. The molecule has 0 radical (unpaired) electrons. The molecule has 0 bridgehead atoms. The van der Waals surface area contributed by atoms with E-state index in [1.165, 1.54) is 25.0 Å². The first-order valence-electron chi connectivity index (χ1n) is 15.5. The Morgan fingerprint density at radius 3 is 2.72 bits per heavy atom. The summed E-state index contributed by atoms with van der Waals surface area (Å²) in [6.45, 7) is 7.46. The lowest BCUT2D eigenvalue weighted by atomic mass is 10.1. The Bertz CT molecular complexity index is 2030. The summed E-state index contributed by atoms with van der Waals surface area (Å²) in [5.41, 5.74) is 5.80. The van der Waals surface area contributed by atoms with Crippen LogP contribution in [0.1, 0.15) is 33.1 Å². The molecule has 1 aliphatic heterocycles. The molecule has 0 unspecified atom stereocenters. The summed E-state index contributed by atoms with van der Waals surface area (Å²) in [5.74, 6) is 0.762. The quantitative estimate of drug-likeness (QED) is 0.164. The number of anilines is 1. The average Bonchev–Trinajstić information content (AvgIpc) is 3.80. The van der Waals surface area contributed by atoms with E-state index in [9.17, 15) is 9.18 Å². The minimum absolute atomic E-state index is 0.0575. The molecule has 6 heterocycles. The third kappa shape index (κ3) is 6.29. The summed E-state index contributed by atoms with van der Waals surface area (Å²) in [5, 5.41) is 11.2. The van der Waals surface area contributed by atoms with Crippen LogP contribution in [-0.4, -0.2) is 72.2 Å². The molecular weight excluding hydrogens is 585 g/mol. The zero-order valence-electron chi connectivity index (χ0n) is 25.7. The van der Waals surface area contributed by atoms with Crippen LogP contribution in [0.4, 0.5) is 10.1 Å². The van der Waals surface area contributed by atoms with Crippen LogP contribution in [0.5, 0.6) is 5.75 Å². The number of halogens is 1. The number of carbonyl (C=O) groups is 1. The van der Waals surface area contributed by atoms with Crippen molar-refractivity contribution in [3.8, 4) is 39.7 Å². The lowest BCUT2D eigenvalue weighted by Crippen LogP contribution is -2.25. The van der Waals surface area contributed by atoms with Gasteiger partial charge in [-0.3, -0.25) is 24.8 Å². The Balaban J connectivity index is 1.18. The minimum Gasteiger partial charge on any atom is -0.492 e. The maximum Gasteiger partial charge on any atom is 0.224 e. The van der Waals surface area contributed by atoms with E-state index in [-0.39, 0.29) is 11.8 Å². The van der Waals surface area contributed by atoms with Crippen LogP contribution < -0.4 is 10.1 Å². The van der Waals surface area contributed by atoms with Gasteiger partial charge in [0.1, 0.15) is 29.4 Å². The van der Waals surface area contributed by atoms with E-state index in [1.807, 2.05) is 32.0 Å². The summed E-state index contributed by atoms with van der Waals surface area (Å²) in [7, 11) is 0. The molecule has 5 aromatic heterocycles. The number of likely N-dealkylation sites (tertiary alicyclic amines) is 1. The Labute approximate surface area is 264 Å². The smallest absolute Gasteiger partial charge is 0.224 e. The van der Waals surface area contributed by atoms with E-state index in [0.717, 1.165) is 41.7 Å². The van der Waals surface area contributed by atoms with Gasteiger partial charge < -0.3 is 15.0 Å². The number of pyridine rings is 3. The molecule has 1 saturated heterocycles. The van der Waals surface area contributed by atoms with Crippen LogP contribution in [0, 0.1) is 11.7 Å². The topological polar surface area (TPSA) is 138 Å². The van der Waals surface area contributed by atoms with E-state index < -0.39 is 5.82 Å². The molecule has 11 nitrogen and oxygen atoms in total. The average molecular weight is 620 g/mol. The second-order valence-corrected chi connectivity index (χ2v) is 12.0. The van der Waals surface area contributed by atoms with Gasteiger partial charge in [-0.1, -0.05) is 13.8 Å². The Kier molecular flexibility index (Phi) is 8.10. The molecule has 1 amide bonds. The Morgan fingerprint density at radius 1 is 1.02 bits per heavy atom. The van der Waals surface area contributed by atoms with Crippen LogP contribution in [0.3, 0.4) is 0 Å². The number of hydrogen-bond donors (Lipinski definition) is 3. The third-order valence-electron chi connectivity index (χ3n) is 8.01. The van der Waals surface area contributed by atoms with Gasteiger partial charge in [0.25, 0.3) is 0 Å². The number of aromatic nitrogens is 7. The van der Waals surface area contributed by atoms with Crippen molar-refractivity contribution >= 4 is 33.7 Å². The van der Waals surface area contributed by atoms with Gasteiger partial charge >= 0.3 is 0 Å². The number of nitrogens with one attached hydrogen (secondary N) is 3. The summed E-state index contributed by atoms with van der Waals surface area (Å²) in [6, 6.07) is 10.3. The number of nitrogens with zero attached hydrogens (tertiary/aromatic N) is 6. The van der Waals surface area contributed by atoms with Crippen molar-refractivity contribution in [2.24, 2.45) is 5.92 Å². The molecule has 1 aliphatic rings. The highest BCUT2D eigenvalue weighted by Gasteiger charge is 2.19. The maximum absolute atomic E-state index is 14.8. The van der Waals surface area contributed by atoms with Crippen LogP contribution >= 0.6 is 0 Å². The van der Waals surface area contributed by atoms with Crippen LogP contribution in [0.25, 0.3) is 56.0 Å². The number of amides is 1. The molecule has 46 heavy (non-hydrogen) atoms. The summed E-state index contributed by atoms with van der Waals surface area (Å²) in [4.78, 5) is 36.4. The first kappa shape index (κ1) is 29.5. The van der Waals surface area contributed by atoms with Gasteiger partial charge in [-0.15, -0.1) is 0 Å². The zero-order chi connectivity index (χ0) is 31.6. The van der Waals surface area contributed by atoms with Crippen molar-refractivity contribution in [2.45, 2.75) is 33.1 Å². The predicted octanol–water partition coefficient (Wildman–Crippen LogP) is 6.22. The number of aromatic amines is 2. The summed E-state index contributed by atoms with van der Waals surface area (Å²) >= 11 is 0. The molecule has 0 atom stereocenters. The van der Waals surface area contributed by atoms with E-state index in [2.05, 4.69) is 40.3 Å². The van der Waals surface area contributed by atoms with Crippen LogP contribution in [0.15, 0.2) is 61.2 Å². The van der Waals surface area contributed by atoms with E-state index in [4.69, 9.17) is 9.72 Å². The predicted molar refractivity (Wildman–Crippen MR) is 175 cm³/mol. The van der Waals surface area contributed by atoms with Crippen molar-refractivity contribution < 1.29 is 13.9 Å². The summed E-state index contributed by atoms with van der Waals surface area (Å²) in [6.07, 6.45) is 9.60. The van der Waals surface area contributed by atoms with Gasteiger partial charge in [0.2, 0.25) is 5.91 Å². The van der Waals surface area contributed by atoms with Crippen molar-refractivity contribution in [3.05, 3.63) is 67.0 Å². The number of fused-ring (bicyclic) bond motifs is 2. The molecule has 0 aliphatic carbocycles. The first-order chi connectivity index (χ1) is 22.4. The van der Waals surface area contributed by atoms with E-state index >= 15 is 0 Å². The van der Waals surface area contributed by atoms with Crippen molar-refractivity contribution in [1.29, 1.82) is 0 Å². The standard InChI is InChI=1S/C34H34FN9O2/c1-20(2)11-29(45)39-25-13-22(17-36-19-25)23-15-27-31(42-43-33(27)38-18-23)34-40-28-5-6-37-30(32(28)41-34)21-12-24(35)16-26(14-21)46-10-9-44-7-3-4-8-44/h5-6,12-20H,3-4,7-11H2,1-2H3,(H,39,45)(H,40,41)(H,38,42,43). The molecule has 0 saturated carbocycles. The largest absolute Gasteiger partial charge is 0.492 e. The first-order valence-corrected chi connectivity index (χ1v) is 15.5. The summed E-state index contributed by atoms with van der Waals surface area (Å²) < 4.78 is 20.7. The van der Waals surface area contributed by atoms with Crippen molar-refractivity contribution in [3.63, 3.8) is 0 Å². The molecule has 7 rings (SSSR count). The fraction of sp³-hybridized carbons (Fsp3) is 0.294. The maximum atomic E-state index is 14.8. The SMILES string of the molecule is CC(C)CC(=O)Nc1cncc(-c2cnc3[nH]nc(-c4nc5c(-c6cc(F)cc(OCCN7CCCC7)c6)nccc5[nH]4)c3c2)c1. The monoisotopic (exact) mass is 619 g/mol. The number of benzene rings is 1. The zero-order valence-corrected chi connectivity index (χ0v) is 25.7. The second-order valence-electron chi connectivity index (χ2n) is 12.0. The number of imidazole rings is 1. The van der Waals surface area contributed by atoms with E-state index in [0.29, 0.717) is 58.4 Å². The highest BCUT2D eigenvalue weighted by molar-refractivity contribution is 5.96. The molecule has 1 aromatic carbocycles.